The second-order valence-electron chi connectivity index (χ2n) is 4.34. The van der Waals surface area contributed by atoms with Gasteiger partial charge in [-0.3, -0.25) is 0 Å². The monoisotopic (exact) mass is 258 g/mol. The van der Waals surface area contributed by atoms with Crippen LogP contribution in [0.3, 0.4) is 0 Å². The second kappa shape index (κ2) is 6.31. The molecule has 1 aromatic carbocycles. The third-order valence-corrected chi connectivity index (χ3v) is 2.99. The van der Waals surface area contributed by atoms with Gasteiger partial charge in [0, 0.05) is 24.9 Å². The Kier molecular flexibility index (Phi) is 4.49. The standard InChI is InChI=1S/C15H18N2O2/c1-11-6-8-17-15(14(11)10-16)19-13-4-2-12(3-5-13)7-9-18/h2-6,8,18H,7,9-10,16H2,1H3. The number of ether oxygens (including phenoxy) is 1. The molecule has 4 heteroatoms. The third kappa shape index (κ3) is 3.30. The number of rotatable bonds is 5. The Labute approximate surface area is 112 Å². The molecule has 1 heterocycles. The van der Waals surface area contributed by atoms with Crippen LogP contribution in [0.25, 0.3) is 0 Å². The Morgan fingerprint density at radius 3 is 2.58 bits per heavy atom. The van der Waals surface area contributed by atoms with Crippen molar-refractivity contribution in [2.24, 2.45) is 5.73 Å². The van der Waals surface area contributed by atoms with Crippen LogP contribution in [0, 0.1) is 6.92 Å². The van der Waals surface area contributed by atoms with Crippen molar-refractivity contribution >= 4 is 0 Å². The highest BCUT2D eigenvalue weighted by molar-refractivity contribution is 5.37. The zero-order chi connectivity index (χ0) is 13.7. The molecule has 0 atom stereocenters. The minimum absolute atomic E-state index is 0.150. The van der Waals surface area contributed by atoms with Crippen LogP contribution in [0.5, 0.6) is 11.6 Å². The Bertz CT molecular complexity index is 538. The summed E-state index contributed by atoms with van der Waals surface area (Å²) in [4.78, 5) is 4.22. The average Bonchev–Trinajstić information content (AvgIpc) is 2.42. The van der Waals surface area contributed by atoms with E-state index in [4.69, 9.17) is 15.6 Å². The molecule has 0 aliphatic rings. The highest BCUT2D eigenvalue weighted by Crippen LogP contribution is 2.25. The maximum absolute atomic E-state index is 8.87. The lowest BCUT2D eigenvalue weighted by Gasteiger charge is -2.11. The van der Waals surface area contributed by atoms with Crippen LogP contribution in [0.15, 0.2) is 36.5 Å². The number of hydrogen-bond donors (Lipinski definition) is 2. The van der Waals surface area contributed by atoms with Gasteiger partial charge in [-0.15, -0.1) is 0 Å². The number of hydrogen-bond acceptors (Lipinski definition) is 4. The van der Waals surface area contributed by atoms with Crippen molar-refractivity contribution in [2.75, 3.05) is 6.61 Å². The fourth-order valence-electron chi connectivity index (χ4n) is 1.87. The first kappa shape index (κ1) is 13.5. The third-order valence-electron chi connectivity index (χ3n) is 2.99. The molecule has 0 spiro atoms. The molecular formula is C15H18N2O2. The van der Waals surface area contributed by atoms with Gasteiger partial charge in [-0.25, -0.2) is 4.98 Å². The van der Waals surface area contributed by atoms with Crippen molar-refractivity contribution in [1.82, 2.24) is 4.98 Å². The van der Waals surface area contributed by atoms with Gasteiger partial charge < -0.3 is 15.6 Å². The van der Waals surface area contributed by atoms with Crippen LogP contribution in [0.1, 0.15) is 16.7 Å². The smallest absolute Gasteiger partial charge is 0.223 e. The zero-order valence-corrected chi connectivity index (χ0v) is 11.0. The SMILES string of the molecule is Cc1ccnc(Oc2ccc(CCO)cc2)c1CN. The van der Waals surface area contributed by atoms with Crippen LogP contribution < -0.4 is 10.5 Å². The van der Waals surface area contributed by atoms with Gasteiger partial charge in [-0.1, -0.05) is 12.1 Å². The molecule has 100 valence electrons. The molecule has 1 aromatic heterocycles. The number of aryl methyl sites for hydroxylation is 1. The zero-order valence-electron chi connectivity index (χ0n) is 11.0. The molecule has 0 aliphatic carbocycles. The maximum Gasteiger partial charge on any atom is 0.223 e. The van der Waals surface area contributed by atoms with E-state index in [-0.39, 0.29) is 6.61 Å². The van der Waals surface area contributed by atoms with Gasteiger partial charge in [0.05, 0.1) is 0 Å². The van der Waals surface area contributed by atoms with E-state index >= 15 is 0 Å². The van der Waals surface area contributed by atoms with Crippen LogP contribution in [-0.4, -0.2) is 16.7 Å². The van der Waals surface area contributed by atoms with Crippen molar-refractivity contribution in [3.8, 4) is 11.6 Å². The first-order valence-corrected chi connectivity index (χ1v) is 6.27. The second-order valence-corrected chi connectivity index (χ2v) is 4.34. The predicted molar refractivity (Wildman–Crippen MR) is 74.2 cm³/mol. The normalized spacial score (nSPS) is 10.5. The van der Waals surface area contributed by atoms with E-state index in [1.54, 1.807) is 6.20 Å². The maximum atomic E-state index is 8.87. The highest BCUT2D eigenvalue weighted by Gasteiger charge is 2.07. The quantitative estimate of drug-likeness (QED) is 0.862. The van der Waals surface area contributed by atoms with Crippen molar-refractivity contribution in [3.05, 3.63) is 53.2 Å². The molecule has 0 aliphatic heterocycles. The molecule has 0 amide bonds. The fourth-order valence-corrected chi connectivity index (χ4v) is 1.87. The molecule has 2 aromatic rings. The predicted octanol–water partition coefficient (Wildman–Crippen LogP) is 2.18. The van der Waals surface area contributed by atoms with Gasteiger partial charge in [0.2, 0.25) is 5.88 Å². The van der Waals surface area contributed by atoms with Gasteiger partial charge in [0.15, 0.2) is 0 Å². The van der Waals surface area contributed by atoms with E-state index in [1.165, 1.54) is 0 Å². The van der Waals surface area contributed by atoms with Gasteiger partial charge in [-0.05, 0) is 42.7 Å². The molecule has 4 nitrogen and oxygen atoms in total. The minimum Gasteiger partial charge on any atom is -0.439 e. The largest absolute Gasteiger partial charge is 0.439 e. The summed E-state index contributed by atoms with van der Waals surface area (Å²) in [5, 5.41) is 8.87. The van der Waals surface area contributed by atoms with E-state index in [1.807, 2.05) is 37.3 Å². The van der Waals surface area contributed by atoms with E-state index in [2.05, 4.69) is 4.98 Å². The summed E-state index contributed by atoms with van der Waals surface area (Å²) in [6, 6.07) is 9.52. The number of aliphatic hydroxyl groups is 1. The van der Waals surface area contributed by atoms with Crippen molar-refractivity contribution in [3.63, 3.8) is 0 Å². The molecular weight excluding hydrogens is 240 g/mol. The summed E-state index contributed by atoms with van der Waals surface area (Å²) in [6.07, 6.45) is 2.36. The van der Waals surface area contributed by atoms with E-state index in [9.17, 15) is 0 Å². The number of nitrogens with zero attached hydrogens (tertiary/aromatic N) is 1. The minimum atomic E-state index is 0.150. The van der Waals surface area contributed by atoms with Crippen molar-refractivity contribution in [1.29, 1.82) is 0 Å². The van der Waals surface area contributed by atoms with Gasteiger partial charge in [0.25, 0.3) is 0 Å². The van der Waals surface area contributed by atoms with Crippen molar-refractivity contribution in [2.45, 2.75) is 19.9 Å². The van der Waals surface area contributed by atoms with E-state index in [0.29, 0.717) is 18.8 Å². The van der Waals surface area contributed by atoms with Gasteiger partial charge >= 0.3 is 0 Å². The Morgan fingerprint density at radius 1 is 1.21 bits per heavy atom. The lowest BCUT2D eigenvalue weighted by atomic mass is 10.1. The summed E-state index contributed by atoms with van der Waals surface area (Å²) in [6.45, 7) is 2.54. The number of benzene rings is 1. The lowest BCUT2D eigenvalue weighted by molar-refractivity contribution is 0.299. The van der Waals surface area contributed by atoms with Crippen molar-refractivity contribution < 1.29 is 9.84 Å². The Hall–Kier alpha value is -1.91. The van der Waals surface area contributed by atoms with Crippen LogP contribution in [0.4, 0.5) is 0 Å². The molecule has 0 unspecified atom stereocenters. The molecule has 0 saturated heterocycles. The summed E-state index contributed by atoms with van der Waals surface area (Å²) in [7, 11) is 0. The van der Waals surface area contributed by atoms with Crippen LogP contribution in [-0.2, 0) is 13.0 Å². The van der Waals surface area contributed by atoms with Gasteiger partial charge in [0.1, 0.15) is 5.75 Å². The number of pyridine rings is 1. The van der Waals surface area contributed by atoms with Crippen LogP contribution in [0.2, 0.25) is 0 Å². The lowest BCUT2D eigenvalue weighted by Crippen LogP contribution is -2.03. The molecule has 0 radical (unpaired) electrons. The summed E-state index contributed by atoms with van der Waals surface area (Å²) in [5.74, 6) is 1.27. The molecule has 2 rings (SSSR count). The first-order chi connectivity index (χ1) is 9.24. The Morgan fingerprint density at radius 2 is 1.95 bits per heavy atom. The number of aromatic nitrogens is 1. The van der Waals surface area contributed by atoms with Gasteiger partial charge in [-0.2, -0.15) is 0 Å². The molecule has 0 saturated carbocycles. The molecule has 0 fully saturated rings. The Balaban J connectivity index is 2.19. The summed E-state index contributed by atoms with van der Waals surface area (Å²) < 4.78 is 5.76. The summed E-state index contributed by atoms with van der Waals surface area (Å²) >= 11 is 0. The number of nitrogens with two attached hydrogens (primary N) is 1. The molecule has 0 bridgehead atoms. The average molecular weight is 258 g/mol. The van der Waals surface area contributed by atoms with Crippen LogP contribution >= 0.6 is 0 Å². The number of aliphatic hydroxyl groups excluding tert-OH is 1. The van der Waals surface area contributed by atoms with E-state index < -0.39 is 0 Å². The first-order valence-electron chi connectivity index (χ1n) is 6.27. The molecule has 3 N–H and O–H groups in total. The topological polar surface area (TPSA) is 68.4 Å². The van der Waals surface area contributed by atoms with E-state index in [0.717, 1.165) is 22.4 Å². The fraction of sp³-hybridized carbons (Fsp3) is 0.267. The summed E-state index contributed by atoms with van der Waals surface area (Å²) in [5.41, 5.74) is 8.79. The molecule has 19 heavy (non-hydrogen) atoms. The highest BCUT2D eigenvalue weighted by atomic mass is 16.5.